The molecule has 0 aliphatic carbocycles. The van der Waals surface area contributed by atoms with Crippen LogP contribution in [-0.4, -0.2) is 12.6 Å². The van der Waals surface area contributed by atoms with Crippen molar-refractivity contribution >= 4 is 6.03 Å². The molecule has 0 saturated heterocycles. The van der Waals surface area contributed by atoms with Gasteiger partial charge in [0, 0.05) is 6.54 Å². The highest BCUT2D eigenvalue weighted by atomic mass is 16.2. The lowest BCUT2D eigenvalue weighted by atomic mass is 9.67. The molecule has 0 atom stereocenters. The zero-order valence-corrected chi connectivity index (χ0v) is 10.1. The second kappa shape index (κ2) is 4.67. The molecule has 0 aliphatic rings. The molecule has 0 aliphatic heterocycles. The molecule has 0 aromatic rings. The van der Waals surface area contributed by atoms with Gasteiger partial charge in [-0.25, -0.2) is 4.79 Å². The lowest BCUT2D eigenvalue weighted by Gasteiger charge is -2.39. The van der Waals surface area contributed by atoms with Crippen molar-refractivity contribution in [2.45, 2.75) is 47.5 Å². The van der Waals surface area contributed by atoms with Crippen molar-refractivity contribution in [1.29, 1.82) is 0 Å². The molecule has 0 unspecified atom stereocenters. The Kier molecular flexibility index (Phi) is 4.43. The van der Waals surface area contributed by atoms with Crippen molar-refractivity contribution in [3.05, 3.63) is 0 Å². The van der Waals surface area contributed by atoms with Crippen LogP contribution in [0.3, 0.4) is 0 Å². The Morgan fingerprint density at radius 2 is 1.71 bits per heavy atom. The number of hydrogen-bond donors (Lipinski definition) is 2. The third-order valence-electron chi connectivity index (χ3n) is 3.31. The minimum absolute atomic E-state index is 0.284. The molecule has 3 heteroatoms. The number of nitrogens with two attached hydrogens (primary N) is 1. The predicted octanol–water partition coefficient (Wildman–Crippen LogP) is 2.51. The van der Waals surface area contributed by atoms with Crippen LogP contribution in [0.15, 0.2) is 0 Å². The summed E-state index contributed by atoms with van der Waals surface area (Å²) in [7, 11) is 0. The van der Waals surface area contributed by atoms with Gasteiger partial charge in [0.2, 0.25) is 0 Å². The summed E-state index contributed by atoms with van der Waals surface area (Å²) in [6.07, 6.45) is 2.07. The van der Waals surface area contributed by atoms with Gasteiger partial charge in [-0.05, 0) is 23.7 Å². The first-order valence-electron chi connectivity index (χ1n) is 5.20. The number of primary amides is 1. The van der Waals surface area contributed by atoms with Crippen LogP contribution in [0.1, 0.15) is 47.5 Å². The quantitative estimate of drug-likeness (QED) is 0.673. The molecule has 0 aromatic heterocycles. The van der Waals surface area contributed by atoms with Gasteiger partial charge in [0.25, 0.3) is 0 Å². The highest BCUT2D eigenvalue weighted by Crippen LogP contribution is 2.41. The molecule has 84 valence electrons. The maximum Gasteiger partial charge on any atom is 0.312 e. The molecule has 0 radical (unpaired) electrons. The molecule has 3 N–H and O–H groups in total. The number of nitrogens with one attached hydrogen (secondary N) is 1. The van der Waals surface area contributed by atoms with Crippen molar-refractivity contribution < 1.29 is 4.79 Å². The van der Waals surface area contributed by atoms with Crippen LogP contribution in [0, 0.1) is 10.8 Å². The highest BCUT2D eigenvalue weighted by Gasteiger charge is 2.31. The van der Waals surface area contributed by atoms with Crippen LogP contribution in [-0.2, 0) is 0 Å². The summed E-state index contributed by atoms with van der Waals surface area (Å²) in [5, 5.41) is 2.61. The monoisotopic (exact) mass is 200 g/mol. The third kappa shape index (κ3) is 4.49. The van der Waals surface area contributed by atoms with E-state index in [2.05, 4.69) is 39.9 Å². The average Bonchev–Trinajstić information content (AvgIpc) is 1.95. The lowest BCUT2D eigenvalue weighted by Crippen LogP contribution is -2.33. The average molecular weight is 200 g/mol. The van der Waals surface area contributed by atoms with Gasteiger partial charge in [0.15, 0.2) is 0 Å². The Morgan fingerprint density at radius 1 is 1.21 bits per heavy atom. The van der Waals surface area contributed by atoms with Crippen LogP contribution in [0.4, 0.5) is 4.79 Å². The Hall–Kier alpha value is -0.730. The van der Waals surface area contributed by atoms with Gasteiger partial charge in [-0.2, -0.15) is 0 Å². The fourth-order valence-corrected chi connectivity index (χ4v) is 1.12. The number of carbonyl (C=O) groups is 1. The molecule has 0 fully saturated rings. The number of rotatable bonds is 4. The van der Waals surface area contributed by atoms with Crippen molar-refractivity contribution in [3.63, 3.8) is 0 Å². The Labute approximate surface area is 87.4 Å². The van der Waals surface area contributed by atoms with E-state index in [1.165, 1.54) is 0 Å². The molecular formula is C11H24N2O. The van der Waals surface area contributed by atoms with Crippen LogP contribution in [0.2, 0.25) is 0 Å². The summed E-state index contributed by atoms with van der Waals surface area (Å²) in [5.74, 6) is 0. The highest BCUT2D eigenvalue weighted by molar-refractivity contribution is 5.71. The standard InChI is InChI=1S/C11H24N2O/c1-10(2,3)11(4,5)7-6-8-13-9(12)14/h6-8H2,1-5H3,(H3,12,13,14). The van der Waals surface area contributed by atoms with Gasteiger partial charge in [-0.15, -0.1) is 0 Å². The summed E-state index contributed by atoms with van der Waals surface area (Å²) in [6.45, 7) is 11.9. The Bertz CT molecular complexity index is 192. The van der Waals surface area contributed by atoms with E-state index in [0.717, 1.165) is 12.8 Å². The molecule has 0 bridgehead atoms. The van der Waals surface area contributed by atoms with Gasteiger partial charge in [-0.1, -0.05) is 34.6 Å². The van der Waals surface area contributed by atoms with E-state index in [9.17, 15) is 4.79 Å². The topological polar surface area (TPSA) is 55.1 Å². The molecule has 2 amide bonds. The number of hydrogen-bond acceptors (Lipinski definition) is 1. The SMILES string of the molecule is CC(C)(C)C(C)(C)CCCNC(N)=O. The van der Waals surface area contributed by atoms with Gasteiger partial charge >= 0.3 is 6.03 Å². The second-order valence-corrected chi connectivity index (χ2v) is 5.53. The molecule has 0 aromatic carbocycles. The normalized spacial score (nSPS) is 12.6. The molecule has 0 rings (SSSR count). The zero-order valence-electron chi connectivity index (χ0n) is 10.1. The maximum atomic E-state index is 10.4. The first-order valence-corrected chi connectivity index (χ1v) is 5.20. The van der Waals surface area contributed by atoms with Gasteiger partial charge in [0.05, 0.1) is 0 Å². The second-order valence-electron chi connectivity index (χ2n) is 5.53. The molecule has 0 saturated carbocycles. The molecule has 0 spiro atoms. The summed E-state index contributed by atoms with van der Waals surface area (Å²) < 4.78 is 0. The predicted molar refractivity (Wildman–Crippen MR) is 60.1 cm³/mol. The van der Waals surface area contributed by atoms with Crippen LogP contribution < -0.4 is 11.1 Å². The maximum absolute atomic E-state index is 10.4. The minimum Gasteiger partial charge on any atom is -0.352 e. The summed E-state index contributed by atoms with van der Waals surface area (Å²) >= 11 is 0. The molecular weight excluding hydrogens is 176 g/mol. The molecule has 3 nitrogen and oxygen atoms in total. The van der Waals surface area contributed by atoms with E-state index >= 15 is 0 Å². The third-order valence-corrected chi connectivity index (χ3v) is 3.31. The summed E-state index contributed by atoms with van der Waals surface area (Å²) in [5.41, 5.74) is 5.55. The van der Waals surface area contributed by atoms with Gasteiger partial charge in [-0.3, -0.25) is 0 Å². The number of carbonyl (C=O) groups excluding carboxylic acids is 1. The lowest BCUT2D eigenvalue weighted by molar-refractivity contribution is 0.117. The van der Waals surface area contributed by atoms with Crippen molar-refractivity contribution in [3.8, 4) is 0 Å². The van der Waals surface area contributed by atoms with Gasteiger partial charge < -0.3 is 11.1 Å². The fourth-order valence-electron chi connectivity index (χ4n) is 1.12. The van der Waals surface area contributed by atoms with E-state index in [0.29, 0.717) is 12.0 Å². The van der Waals surface area contributed by atoms with Crippen LogP contribution in [0.5, 0.6) is 0 Å². The Morgan fingerprint density at radius 3 is 2.07 bits per heavy atom. The van der Waals surface area contributed by atoms with Crippen molar-refractivity contribution in [1.82, 2.24) is 5.32 Å². The van der Waals surface area contributed by atoms with E-state index in [1.807, 2.05) is 0 Å². The van der Waals surface area contributed by atoms with Crippen molar-refractivity contribution in [2.75, 3.05) is 6.54 Å². The number of urea groups is 1. The zero-order chi connectivity index (χ0) is 11.4. The minimum atomic E-state index is -0.432. The van der Waals surface area contributed by atoms with E-state index in [1.54, 1.807) is 0 Å². The fraction of sp³-hybridized carbons (Fsp3) is 0.909. The van der Waals surface area contributed by atoms with E-state index in [-0.39, 0.29) is 5.41 Å². The smallest absolute Gasteiger partial charge is 0.312 e. The first kappa shape index (κ1) is 13.3. The Balaban J connectivity index is 3.83. The molecule has 0 heterocycles. The number of amides is 2. The molecule has 14 heavy (non-hydrogen) atoms. The van der Waals surface area contributed by atoms with E-state index in [4.69, 9.17) is 5.73 Å². The largest absolute Gasteiger partial charge is 0.352 e. The summed E-state index contributed by atoms with van der Waals surface area (Å²) in [6, 6.07) is -0.432. The summed E-state index contributed by atoms with van der Waals surface area (Å²) in [4.78, 5) is 10.4. The van der Waals surface area contributed by atoms with Gasteiger partial charge in [0.1, 0.15) is 0 Å². The van der Waals surface area contributed by atoms with Crippen LogP contribution in [0.25, 0.3) is 0 Å². The van der Waals surface area contributed by atoms with Crippen molar-refractivity contribution in [2.24, 2.45) is 16.6 Å². The van der Waals surface area contributed by atoms with E-state index < -0.39 is 6.03 Å². The van der Waals surface area contributed by atoms with Crippen LogP contribution >= 0.6 is 0 Å². The first-order chi connectivity index (χ1) is 6.17.